The number of nitrogens with one attached hydrogen (secondary N) is 1. The van der Waals surface area contributed by atoms with Crippen molar-refractivity contribution in [1.82, 2.24) is 15.1 Å². The fourth-order valence-corrected chi connectivity index (χ4v) is 3.84. The summed E-state index contributed by atoms with van der Waals surface area (Å²) in [5.74, 6) is 0.625. The van der Waals surface area contributed by atoms with Gasteiger partial charge in [0.15, 0.2) is 0 Å². The summed E-state index contributed by atoms with van der Waals surface area (Å²) in [6, 6.07) is 12.4. The highest BCUT2D eigenvalue weighted by molar-refractivity contribution is 6.00. The van der Waals surface area contributed by atoms with E-state index in [1.807, 2.05) is 50.2 Å². The van der Waals surface area contributed by atoms with Crippen molar-refractivity contribution in [3.05, 3.63) is 64.8 Å². The number of β-amino-alcohol motifs (C(OH)–C–C–N with tert-alkyl or cyclic N) is 1. The predicted molar refractivity (Wildman–Crippen MR) is 108 cm³/mol. The molecule has 1 atom stereocenters. The Morgan fingerprint density at radius 2 is 1.97 bits per heavy atom. The van der Waals surface area contributed by atoms with Crippen molar-refractivity contribution >= 4 is 5.91 Å². The van der Waals surface area contributed by atoms with Crippen LogP contribution in [0.4, 0.5) is 0 Å². The number of hydrogen-bond donors (Lipinski definition) is 3. The quantitative estimate of drug-likeness (QED) is 0.598. The fourth-order valence-electron chi connectivity index (χ4n) is 3.84. The highest BCUT2D eigenvalue weighted by atomic mass is 16.5. The molecular weight excluding hydrogens is 370 g/mol. The number of fused-ring (bicyclic) bond motifs is 1. The monoisotopic (exact) mass is 393 g/mol. The minimum Gasteiger partial charge on any atom is -0.507 e. The molecule has 29 heavy (non-hydrogen) atoms. The van der Waals surface area contributed by atoms with Gasteiger partial charge in [-0.2, -0.15) is 5.10 Å². The molecule has 1 unspecified atom stereocenters. The van der Waals surface area contributed by atoms with Gasteiger partial charge in [-0.3, -0.25) is 9.89 Å². The molecule has 0 bridgehead atoms. The number of aliphatic hydroxyl groups excluding tert-OH is 1. The number of amides is 1. The zero-order chi connectivity index (χ0) is 20.5. The molecule has 1 aliphatic rings. The average molecular weight is 393 g/mol. The third-order valence-electron chi connectivity index (χ3n) is 5.12. The molecule has 7 heteroatoms. The van der Waals surface area contributed by atoms with Gasteiger partial charge >= 0.3 is 0 Å². The van der Waals surface area contributed by atoms with Crippen molar-refractivity contribution in [1.29, 1.82) is 0 Å². The van der Waals surface area contributed by atoms with Crippen LogP contribution >= 0.6 is 0 Å². The van der Waals surface area contributed by atoms with Gasteiger partial charge in [0.25, 0.3) is 5.91 Å². The minimum atomic E-state index is -0.422. The lowest BCUT2D eigenvalue weighted by Gasteiger charge is -2.25. The molecule has 7 nitrogen and oxygen atoms in total. The van der Waals surface area contributed by atoms with Gasteiger partial charge in [0.1, 0.15) is 22.9 Å². The summed E-state index contributed by atoms with van der Waals surface area (Å²) in [6.07, 6.45) is 0. The summed E-state index contributed by atoms with van der Waals surface area (Å²) in [4.78, 5) is 14.6. The fraction of sp³-hybridized carbons (Fsp3) is 0.273. The van der Waals surface area contributed by atoms with E-state index in [0.717, 1.165) is 16.9 Å². The van der Waals surface area contributed by atoms with Crippen molar-refractivity contribution in [2.24, 2.45) is 0 Å². The van der Waals surface area contributed by atoms with Gasteiger partial charge in [0, 0.05) is 17.7 Å². The third kappa shape index (κ3) is 3.23. The van der Waals surface area contributed by atoms with Crippen LogP contribution in [0.15, 0.2) is 42.5 Å². The number of rotatable bonds is 6. The maximum absolute atomic E-state index is 13.0. The number of ether oxygens (including phenoxy) is 1. The molecule has 0 fully saturated rings. The Bertz CT molecular complexity index is 1040. The van der Waals surface area contributed by atoms with E-state index < -0.39 is 6.04 Å². The zero-order valence-corrected chi connectivity index (χ0v) is 16.3. The Morgan fingerprint density at radius 1 is 1.21 bits per heavy atom. The topological polar surface area (TPSA) is 98.7 Å². The number of aromatic nitrogens is 2. The van der Waals surface area contributed by atoms with Crippen molar-refractivity contribution in [3.63, 3.8) is 0 Å². The second-order valence-electron chi connectivity index (χ2n) is 7.01. The van der Waals surface area contributed by atoms with Crippen LogP contribution in [-0.4, -0.2) is 51.0 Å². The molecule has 1 amide bonds. The van der Waals surface area contributed by atoms with E-state index >= 15 is 0 Å². The molecule has 0 aliphatic carbocycles. The van der Waals surface area contributed by atoms with Crippen LogP contribution in [0.25, 0.3) is 11.3 Å². The van der Waals surface area contributed by atoms with E-state index in [1.54, 1.807) is 11.0 Å². The number of nitrogens with zero attached hydrogens (tertiary/aromatic N) is 2. The number of carbonyl (C=O) groups is 1. The summed E-state index contributed by atoms with van der Waals surface area (Å²) >= 11 is 0. The van der Waals surface area contributed by atoms with Crippen molar-refractivity contribution in [2.45, 2.75) is 19.9 Å². The Hall–Kier alpha value is -3.32. The molecule has 3 aromatic rings. The maximum atomic E-state index is 13.0. The van der Waals surface area contributed by atoms with Crippen LogP contribution < -0.4 is 4.74 Å². The largest absolute Gasteiger partial charge is 0.507 e. The van der Waals surface area contributed by atoms with Gasteiger partial charge in [0.05, 0.1) is 19.3 Å². The maximum Gasteiger partial charge on any atom is 0.273 e. The van der Waals surface area contributed by atoms with Crippen LogP contribution in [0.3, 0.4) is 0 Å². The second kappa shape index (κ2) is 7.60. The van der Waals surface area contributed by atoms with E-state index in [-0.39, 0.29) is 24.8 Å². The minimum absolute atomic E-state index is 0.100. The normalized spacial score (nSPS) is 15.6. The number of aryl methyl sites for hydroxylation is 1. The van der Waals surface area contributed by atoms with Crippen LogP contribution in [-0.2, 0) is 0 Å². The zero-order valence-electron chi connectivity index (χ0n) is 16.3. The van der Waals surface area contributed by atoms with Crippen LogP contribution in [0.1, 0.15) is 40.1 Å². The van der Waals surface area contributed by atoms with Crippen LogP contribution in [0.5, 0.6) is 11.5 Å². The summed E-state index contributed by atoms with van der Waals surface area (Å²) < 4.78 is 5.52. The number of phenols is 1. The number of phenolic OH excluding ortho intramolecular Hbond substituents is 1. The lowest BCUT2D eigenvalue weighted by Crippen LogP contribution is -2.32. The summed E-state index contributed by atoms with van der Waals surface area (Å²) in [7, 11) is 0. The average Bonchev–Trinajstić information content (AvgIpc) is 3.25. The van der Waals surface area contributed by atoms with Gasteiger partial charge in [-0.05, 0) is 43.7 Å². The number of aliphatic hydroxyl groups is 1. The molecule has 1 aliphatic heterocycles. The number of aromatic amines is 1. The van der Waals surface area contributed by atoms with Gasteiger partial charge in [-0.15, -0.1) is 0 Å². The number of aromatic hydroxyl groups is 1. The molecule has 4 rings (SSSR count). The van der Waals surface area contributed by atoms with E-state index in [2.05, 4.69) is 10.2 Å². The predicted octanol–water partition coefficient (Wildman–Crippen LogP) is 3.03. The third-order valence-corrected chi connectivity index (χ3v) is 5.12. The first kappa shape index (κ1) is 19.0. The Kier molecular flexibility index (Phi) is 4.98. The molecule has 0 radical (unpaired) electrons. The standard InChI is InChI=1S/C22H23N3O4/c1-3-29-15-7-5-14(6-8-15)21-18-19(16-12-13(2)4-9-17(16)27)23-24-20(18)22(28)25(21)10-11-26/h4-9,12,21,26-27H,3,10-11H2,1-2H3,(H,23,24). The SMILES string of the molecule is CCOc1ccc(C2c3c(-c4cc(C)ccc4O)n[nH]c3C(=O)N2CCO)cc1. The molecular formula is C22H23N3O4. The van der Waals surface area contributed by atoms with Gasteiger partial charge in [-0.25, -0.2) is 0 Å². The van der Waals surface area contributed by atoms with Crippen molar-refractivity contribution < 1.29 is 19.7 Å². The van der Waals surface area contributed by atoms with Crippen molar-refractivity contribution in [2.75, 3.05) is 19.8 Å². The highest BCUT2D eigenvalue weighted by Gasteiger charge is 2.42. The molecule has 150 valence electrons. The second-order valence-corrected chi connectivity index (χ2v) is 7.01. The first-order chi connectivity index (χ1) is 14.0. The van der Waals surface area contributed by atoms with Gasteiger partial charge in [-0.1, -0.05) is 23.8 Å². The lowest BCUT2D eigenvalue weighted by atomic mass is 9.95. The van der Waals surface area contributed by atoms with Crippen LogP contribution in [0.2, 0.25) is 0 Å². The van der Waals surface area contributed by atoms with Gasteiger partial charge < -0.3 is 19.8 Å². The Morgan fingerprint density at radius 3 is 2.66 bits per heavy atom. The molecule has 3 N–H and O–H groups in total. The van der Waals surface area contributed by atoms with Gasteiger partial charge in [0.2, 0.25) is 0 Å². The molecule has 0 saturated heterocycles. The number of benzene rings is 2. The summed E-state index contributed by atoms with van der Waals surface area (Å²) in [5, 5.41) is 27.1. The van der Waals surface area contributed by atoms with Crippen molar-refractivity contribution in [3.8, 4) is 22.8 Å². The van der Waals surface area contributed by atoms with E-state index in [9.17, 15) is 15.0 Å². The summed E-state index contributed by atoms with van der Waals surface area (Å²) in [5.41, 5.74) is 4.04. The molecule has 0 spiro atoms. The molecule has 2 heterocycles. The van der Waals surface area contributed by atoms with Crippen LogP contribution in [0, 0.1) is 6.92 Å². The Labute approximate surface area is 168 Å². The smallest absolute Gasteiger partial charge is 0.273 e. The highest BCUT2D eigenvalue weighted by Crippen LogP contribution is 2.44. The number of carbonyl (C=O) groups excluding carboxylic acids is 1. The Balaban J connectivity index is 1.86. The first-order valence-electron chi connectivity index (χ1n) is 9.58. The lowest BCUT2D eigenvalue weighted by molar-refractivity contribution is 0.0706. The molecule has 2 aromatic carbocycles. The summed E-state index contributed by atoms with van der Waals surface area (Å²) in [6.45, 7) is 4.47. The first-order valence-corrected chi connectivity index (χ1v) is 9.58. The van der Waals surface area contributed by atoms with E-state index in [0.29, 0.717) is 29.1 Å². The molecule has 0 saturated carbocycles. The number of H-pyrrole nitrogens is 1. The molecule has 1 aromatic heterocycles. The van der Waals surface area contributed by atoms with E-state index in [1.165, 1.54) is 0 Å². The number of hydrogen-bond acceptors (Lipinski definition) is 5. The van der Waals surface area contributed by atoms with E-state index in [4.69, 9.17) is 4.74 Å².